The van der Waals surface area contributed by atoms with Crippen molar-refractivity contribution in [2.24, 2.45) is 13.0 Å². The summed E-state index contributed by atoms with van der Waals surface area (Å²) in [5.41, 5.74) is 0. The molecule has 0 aliphatic rings. The Labute approximate surface area is 68.1 Å². The first-order valence-electron chi connectivity index (χ1n) is 4.03. The van der Waals surface area contributed by atoms with Crippen LogP contribution in [-0.4, -0.2) is 0 Å². The molecular formula is C9H16N2+2. The molecular weight excluding hydrogens is 136 g/mol. The topological polar surface area (TPSA) is 7.76 Å². The van der Waals surface area contributed by atoms with Crippen LogP contribution in [0.25, 0.3) is 0 Å². The Kier molecular flexibility index (Phi) is 2.58. The third-order valence-electron chi connectivity index (χ3n) is 1.56. The summed E-state index contributed by atoms with van der Waals surface area (Å²) < 4.78 is 4.24. The molecule has 0 aromatic carbocycles. The van der Waals surface area contributed by atoms with Crippen LogP contribution in [0.5, 0.6) is 0 Å². The van der Waals surface area contributed by atoms with Crippen molar-refractivity contribution in [1.82, 2.24) is 0 Å². The average Bonchev–Trinajstić information content (AvgIpc) is 1.93. The van der Waals surface area contributed by atoms with E-state index in [4.69, 9.17) is 0 Å². The van der Waals surface area contributed by atoms with E-state index in [0.717, 1.165) is 6.54 Å². The number of rotatable bonds is 2. The Hall–Kier alpha value is -0.920. The highest BCUT2D eigenvalue weighted by Gasteiger charge is 2.04. The predicted octanol–water partition coefficient (Wildman–Crippen LogP) is 0.455. The van der Waals surface area contributed by atoms with E-state index in [1.807, 2.05) is 11.6 Å². The average molecular weight is 152 g/mol. The van der Waals surface area contributed by atoms with Crippen LogP contribution < -0.4 is 9.13 Å². The second-order valence-corrected chi connectivity index (χ2v) is 3.35. The lowest BCUT2D eigenvalue weighted by atomic mass is 10.2. The zero-order chi connectivity index (χ0) is 8.27. The fraction of sp³-hybridized carbons (Fsp3) is 0.556. The van der Waals surface area contributed by atoms with Gasteiger partial charge in [0.25, 0.3) is 0 Å². The molecule has 0 saturated carbocycles. The molecule has 0 atom stereocenters. The molecule has 0 spiro atoms. The van der Waals surface area contributed by atoms with Gasteiger partial charge in [0, 0.05) is 5.92 Å². The minimum atomic E-state index is 0.715. The van der Waals surface area contributed by atoms with Gasteiger partial charge in [-0.1, -0.05) is 13.8 Å². The minimum absolute atomic E-state index is 0.715. The Bertz CT molecular complexity index is 214. The Balaban J connectivity index is 2.66. The van der Waals surface area contributed by atoms with E-state index in [-0.39, 0.29) is 0 Å². The zero-order valence-corrected chi connectivity index (χ0v) is 7.49. The van der Waals surface area contributed by atoms with E-state index >= 15 is 0 Å². The number of hydrogen-bond acceptors (Lipinski definition) is 0. The third kappa shape index (κ3) is 2.66. The molecule has 0 aliphatic heterocycles. The van der Waals surface area contributed by atoms with Gasteiger partial charge in [0.2, 0.25) is 24.8 Å². The Morgan fingerprint density at radius 1 is 1.09 bits per heavy atom. The molecule has 0 N–H and O–H groups in total. The second kappa shape index (κ2) is 3.46. The van der Waals surface area contributed by atoms with Gasteiger partial charge < -0.3 is 0 Å². The normalized spacial score (nSPS) is 10.5. The number of aromatic nitrogens is 2. The summed E-state index contributed by atoms with van der Waals surface area (Å²) in [5.74, 6) is 0.715. The van der Waals surface area contributed by atoms with Crippen LogP contribution in [0.1, 0.15) is 13.8 Å². The van der Waals surface area contributed by atoms with Crippen molar-refractivity contribution < 1.29 is 9.13 Å². The standard InChI is InChI=1S/C9H16N2/c1-9(2)8-11-6-4-10(3)5-7-11/h4-7,9H,8H2,1-3H3/q+2. The molecule has 0 saturated heterocycles. The molecule has 0 amide bonds. The number of aryl methyl sites for hydroxylation is 1. The first-order chi connectivity index (χ1) is 5.18. The lowest BCUT2D eigenvalue weighted by Crippen LogP contribution is -2.40. The van der Waals surface area contributed by atoms with Gasteiger partial charge in [-0.25, -0.2) is 0 Å². The van der Waals surface area contributed by atoms with E-state index in [0.29, 0.717) is 5.92 Å². The van der Waals surface area contributed by atoms with Gasteiger partial charge in [0.15, 0.2) is 6.54 Å². The van der Waals surface area contributed by atoms with Gasteiger partial charge in [-0.05, 0) is 0 Å². The molecule has 1 aromatic rings. The summed E-state index contributed by atoms with van der Waals surface area (Å²) >= 11 is 0. The SMILES string of the molecule is CC(C)C[n+]1cc[n+](C)cc1. The second-order valence-electron chi connectivity index (χ2n) is 3.35. The van der Waals surface area contributed by atoms with Gasteiger partial charge in [-0.15, -0.1) is 0 Å². The predicted molar refractivity (Wildman–Crippen MR) is 42.7 cm³/mol. The van der Waals surface area contributed by atoms with Crippen LogP contribution in [0.3, 0.4) is 0 Å². The first kappa shape index (κ1) is 8.18. The van der Waals surface area contributed by atoms with Crippen molar-refractivity contribution in [3.8, 4) is 0 Å². The van der Waals surface area contributed by atoms with Gasteiger partial charge in [0.1, 0.15) is 7.05 Å². The maximum absolute atomic E-state index is 2.22. The highest BCUT2D eigenvalue weighted by molar-refractivity contribution is 4.52. The molecule has 0 radical (unpaired) electrons. The summed E-state index contributed by atoms with van der Waals surface area (Å²) in [5, 5.41) is 0. The molecule has 0 aliphatic carbocycles. The van der Waals surface area contributed by atoms with Crippen molar-refractivity contribution in [2.75, 3.05) is 0 Å². The van der Waals surface area contributed by atoms with Crippen molar-refractivity contribution >= 4 is 0 Å². The van der Waals surface area contributed by atoms with Crippen LogP contribution in [0, 0.1) is 5.92 Å². The van der Waals surface area contributed by atoms with Crippen molar-refractivity contribution in [2.45, 2.75) is 20.4 Å². The lowest BCUT2D eigenvalue weighted by molar-refractivity contribution is -0.743. The molecule has 2 nitrogen and oxygen atoms in total. The summed E-state index contributed by atoms with van der Waals surface area (Å²) in [7, 11) is 2.03. The van der Waals surface area contributed by atoms with E-state index in [1.165, 1.54) is 0 Å². The molecule has 0 unspecified atom stereocenters. The van der Waals surface area contributed by atoms with Gasteiger partial charge >= 0.3 is 0 Å². The lowest BCUT2D eigenvalue weighted by Gasteiger charge is -1.97. The van der Waals surface area contributed by atoms with Gasteiger partial charge in [-0.3, -0.25) is 0 Å². The largest absolute Gasteiger partial charge is 0.233 e. The fourth-order valence-electron chi connectivity index (χ4n) is 1.02. The third-order valence-corrected chi connectivity index (χ3v) is 1.56. The fourth-order valence-corrected chi connectivity index (χ4v) is 1.02. The summed E-state index contributed by atoms with van der Waals surface area (Å²) in [6.45, 7) is 5.54. The van der Waals surface area contributed by atoms with Crippen molar-refractivity contribution in [1.29, 1.82) is 0 Å². The van der Waals surface area contributed by atoms with E-state index in [1.54, 1.807) is 0 Å². The number of nitrogens with zero attached hydrogens (tertiary/aromatic N) is 2. The zero-order valence-electron chi connectivity index (χ0n) is 7.49. The number of hydrogen-bond donors (Lipinski definition) is 0. The van der Waals surface area contributed by atoms with Crippen LogP contribution in [0.2, 0.25) is 0 Å². The van der Waals surface area contributed by atoms with Crippen LogP contribution in [0.15, 0.2) is 24.8 Å². The Morgan fingerprint density at radius 3 is 2.09 bits per heavy atom. The maximum Gasteiger partial charge on any atom is 0.233 e. The van der Waals surface area contributed by atoms with Crippen LogP contribution >= 0.6 is 0 Å². The molecule has 0 fully saturated rings. The van der Waals surface area contributed by atoms with E-state index in [2.05, 4.69) is 43.2 Å². The molecule has 1 rings (SSSR count). The smallest absolute Gasteiger partial charge is 0.197 e. The Morgan fingerprint density at radius 2 is 1.64 bits per heavy atom. The first-order valence-corrected chi connectivity index (χ1v) is 4.03. The summed E-state index contributed by atoms with van der Waals surface area (Å²) in [6, 6.07) is 0. The highest BCUT2D eigenvalue weighted by atomic mass is 15.0. The molecule has 1 heterocycles. The summed E-state index contributed by atoms with van der Waals surface area (Å²) in [6.07, 6.45) is 8.31. The quantitative estimate of drug-likeness (QED) is 0.544. The summed E-state index contributed by atoms with van der Waals surface area (Å²) in [4.78, 5) is 0. The van der Waals surface area contributed by atoms with Crippen LogP contribution in [-0.2, 0) is 13.6 Å². The van der Waals surface area contributed by atoms with Gasteiger partial charge in [0.05, 0.1) is 0 Å². The molecule has 1 aromatic heterocycles. The van der Waals surface area contributed by atoms with Crippen molar-refractivity contribution in [3.05, 3.63) is 24.8 Å². The minimum Gasteiger partial charge on any atom is -0.197 e. The highest BCUT2D eigenvalue weighted by Crippen LogP contribution is 1.88. The maximum atomic E-state index is 2.22. The van der Waals surface area contributed by atoms with Crippen LogP contribution in [0.4, 0.5) is 0 Å². The molecule has 60 valence electrons. The van der Waals surface area contributed by atoms with Gasteiger partial charge in [-0.2, -0.15) is 9.13 Å². The van der Waals surface area contributed by atoms with Crippen molar-refractivity contribution in [3.63, 3.8) is 0 Å². The molecule has 11 heavy (non-hydrogen) atoms. The van der Waals surface area contributed by atoms with E-state index < -0.39 is 0 Å². The van der Waals surface area contributed by atoms with E-state index in [9.17, 15) is 0 Å². The molecule has 2 heteroatoms. The molecule has 0 bridgehead atoms. The monoisotopic (exact) mass is 152 g/mol.